The Morgan fingerprint density at radius 3 is 2.50 bits per heavy atom. The smallest absolute Gasteiger partial charge is 0.234 e. The Bertz CT molecular complexity index is 579. The molecule has 4 heteroatoms. The maximum Gasteiger partial charge on any atom is 0.234 e. The van der Waals surface area contributed by atoms with Crippen LogP contribution in [0.2, 0.25) is 0 Å². The fourth-order valence-electron chi connectivity index (χ4n) is 2.79. The molecular weight excluding hydrogens is 250 g/mol. The summed E-state index contributed by atoms with van der Waals surface area (Å²) in [5.41, 5.74) is 6.75. The number of hydrogen-bond acceptors (Lipinski definition) is 4. The van der Waals surface area contributed by atoms with Gasteiger partial charge in [0.05, 0.1) is 10.8 Å². The van der Waals surface area contributed by atoms with Gasteiger partial charge in [-0.25, -0.2) is 0 Å². The van der Waals surface area contributed by atoms with Gasteiger partial charge in [0.25, 0.3) is 0 Å². The topological polar surface area (TPSA) is 64.9 Å². The van der Waals surface area contributed by atoms with E-state index in [9.17, 15) is 0 Å². The Morgan fingerprint density at radius 1 is 1.25 bits per heavy atom. The second kappa shape index (κ2) is 4.70. The lowest BCUT2D eigenvalue weighted by Gasteiger charge is -2.37. The molecule has 0 amide bonds. The Balaban J connectivity index is 1.94. The SMILES string of the molecule is CC(C)(c1ccccc1)c1noc(C2(CN)CCC2)n1. The second-order valence-corrected chi connectivity index (χ2v) is 6.25. The molecule has 0 aliphatic heterocycles. The molecule has 1 aromatic carbocycles. The van der Waals surface area contributed by atoms with Crippen molar-refractivity contribution in [2.24, 2.45) is 5.73 Å². The van der Waals surface area contributed by atoms with Crippen molar-refractivity contribution >= 4 is 0 Å². The molecular formula is C16H21N3O. The van der Waals surface area contributed by atoms with Crippen LogP contribution in [0.3, 0.4) is 0 Å². The van der Waals surface area contributed by atoms with E-state index in [1.165, 1.54) is 12.0 Å². The lowest BCUT2D eigenvalue weighted by atomic mass is 9.68. The van der Waals surface area contributed by atoms with Gasteiger partial charge in [-0.05, 0) is 32.3 Å². The van der Waals surface area contributed by atoms with Crippen LogP contribution in [0.15, 0.2) is 34.9 Å². The third kappa shape index (κ3) is 1.95. The zero-order valence-corrected chi connectivity index (χ0v) is 12.1. The zero-order chi connectivity index (χ0) is 14.2. The summed E-state index contributed by atoms with van der Waals surface area (Å²) in [5.74, 6) is 1.45. The molecule has 20 heavy (non-hydrogen) atoms. The number of aromatic nitrogens is 2. The van der Waals surface area contributed by atoms with Crippen molar-refractivity contribution in [3.63, 3.8) is 0 Å². The van der Waals surface area contributed by atoms with E-state index in [-0.39, 0.29) is 10.8 Å². The molecule has 1 aliphatic carbocycles. The van der Waals surface area contributed by atoms with Gasteiger partial charge >= 0.3 is 0 Å². The van der Waals surface area contributed by atoms with Crippen LogP contribution in [0.25, 0.3) is 0 Å². The van der Waals surface area contributed by atoms with E-state index in [0.29, 0.717) is 12.4 Å². The lowest BCUT2D eigenvalue weighted by Crippen LogP contribution is -2.42. The summed E-state index contributed by atoms with van der Waals surface area (Å²) in [5, 5.41) is 4.22. The highest BCUT2D eigenvalue weighted by atomic mass is 16.5. The average Bonchev–Trinajstić information content (AvgIpc) is 2.90. The normalized spacial score (nSPS) is 17.8. The third-order valence-corrected chi connectivity index (χ3v) is 4.64. The van der Waals surface area contributed by atoms with Crippen molar-refractivity contribution in [2.75, 3.05) is 6.54 Å². The van der Waals surface area contributed by atoms with Gasteiger partial charge in [-0.2, -0.15) is 4.98 Å². The molecule has 1 heterocycles. The van der Waals surface area contributed by atoms with Crippen LogP contribution in [0.1, 0.15) is 50.4 Å². The number of benzene rings is 1. The van der Waals surface area contributed by atoms with Crippen LogP contribution >= 0.6 is 0 Å². The summed E-state index contributed by atoms with van der Waals surface area (Å²) >= 11 is 0. The van der Waals surface area contributed by atoms with Gasteiger partial charge < -0.3 is 10.3 Å². The van der Waals surface area contributed by atoms with Crippen LogP contribution in [0.4, 0.5) is 0 Å². The van der Waals surface area contributed by atoms with Crippen molar-refractivity contribution < 1.29 is 4.52 Å². The highest BCUT2D eigenvalue weighted by Gasteiger charge is 2.43. The number of nitrogens with two attached hydrogens (primary N) is 1. The molecule has 1 aromatic heterocycles. The molecule has 1 fully saturated rings. The van der Waals surface area contributed by atoms with Gasteiger partial charge in [-0.1, -0.05) is 41.9 Å². The summed E-state index contributed by atoms with van der Waals surface area (Å²) < 4.78 is 5.53. The lowest BCUT2D eigenvalue weighted by molar-refractivity contribution is 0.181. The molecule has 0 bridgehead atoms. The van der Waals surface area contributed by atoms with Gasteiger partial charge in [0.1, 0.15) is 0 Å². The number of rotatable bonds is 4. The average molecular weight is 271 g/mol. The molecule has 2 N–H and O–H groups in total. The van der Waals surface area contributed by atoms with Crippen molar-refractivity contribution in [1.82, 2.24) is 10.1 Å². The predicted octanol–water partition coefficient (Wildman–Crippen LogP) is 2.78. The molecule has 3 rings (SSSR count). The molecule has 0 unspecified atom stereocenters. The number of nitrogens with zero attached hydrogens (tertiary/aromatic N) is 2. The summed E-state index contributed by atoms with van der Waals surface area (Å²) in [7, 11) is 0. The second-order valence-electron chi connectivity index (χ2n) is 6.25. The monoisotopic (exact) mass is 271 g/mol. The van der Waals surface area contributed by atoms with Gasteiger partial charge in [-0.3, -0.25) is 0 Å². The molecule has 0 radical (unpaired) electrons. The van der Waals surface area contributed by atoms with E-state index >= 15 is 0 Å². The summed E-state index contributed by atoms with van der Waals surface area (Å²) in [6.07, 6.45) is 3.30. The van der Waals surface area contributed by atoms with E-state index in [1.54, 1.807) is 0 Å². The van der Waals surface area contributed by atoms with Crippen LogP contribution < -0.4 is 5.73 Å². The minimum absolute atomic E-state index is 0.0714. The summed E-state index contributed by atoms with van der Waals surface area (Å²) in [6.45, 7) is 4.82. The number of hydrogen-bond donors (Lipinski definition) is 1. The molecule has 4 nitrogen and oxygen atoms in total. The molecule has 1 aliphatic rings. The van der Waals surface area contributed by atoms with Gasteiger partial charge in [-0.15, -0.1) is 0 Å². The Labute approximate surface area is 119 Å². The first-order valence-corrected chi connectivity index (χ1v) is 7.19. The summed E-state index contributed by atoms with van der Waals surface area (Å²) in [4.78, 5) is 4.67. The molecule has 0 spiro atoms. The van der Waals surface area contributed by atoms with E-state index < -0.39 is 0 Å². The highest BCUT2D eigenvalue weighted by Crippen LogP contribution is 2.42. The molecule has 1 saturated carbocycles. The van der Waals surface area contributed by atoms with E-state index in [1.807, 2.05) is 18.2 Å². The van der Waals surface area contributed by atoms with E-state index in [2.05, 4.69) is 36.1 Å². The highest BCUT2D eigenvalue weighted by molar-refractivity contribution is 5.30. The van der Waals surface area contributed by atoms with Gasteiger partial charge in [0.2, 0.25) is 5.89 Å². The Kier molecular flexibility index (Phi) is 3.13. The van der Waals surface area contributed by atoms with Crippen molar-refractivity contribution in [2.45, 2.75) is 43.9 Å². The maximum absolute atomic E-state index is 5.90. The maximum atomic E-state index is 5.90. The molecule has 0 saturated heterocycles. The van der Waals surface area contributed by atoms with Crippen molar-refractivity contribution in [3.05, 3.63) is 47.6 Å². The third-order valence-electron chi connectivity index (χ3n) is 4.64. The molecule has 2 aromatic rings. The van der Waals surface area contributed by atoms with Crippen LogP contribution in [-0.4, -0.2) is 16.7 Å². The van der Waals surface area contributed by atoms with Crippen molar-refractivity contribution in [3.8, 4) is 0 Å². The molecule has 106 valence electrons. The fourth-order valence-corrected chi connectivity index (χ4v) is 2.79. The first-order valence-electron chi connectivity index (χ1n) is 7.19. The minimum Gasteiger partial charge on any atom is -0.339 e. The van der Waals surface area contributed by atoms with Crippen LogP contribution in [0, 0.1) is 0 Å². The Hall–Kier alpha value is -1.68. The van der Waals surface area contributed by atoms with Gasteiger partial charge in [0, 0.05) is 6.54 Å². The fraction of sp³-hybridized carbons (Fsp3) is 0.500. The van der Waals surface area contributed by atoms with E-state index in [4.69, 9.17) is 10.3 Å². The first kappa shape index (κ1) is 13.3. The largest absolute Gasteiger partial charge is 0.339 e. The molecule has 0 atom stereocenters. The Morgan fingerprint density at radius 2 is 1.95 bits per heavy atom. The van der Waals surface area contributed by atoms with Gasteiger partial charge in [0.15, 0.2) is 5.82 Å². The minimum atomic E-state index is -0.261. The quantitative estimate of drug-likeness (QED) is 0.928. The standard InChI is InChI=1S/C16H21N3O/c1-15(2,12-7-4-3-5-8-12)13-18-14(20-19-13)16(11-17)9-6-10-16/h3-5,7-8H,6,9-11,17H2,1-2H3. The van der Waals surface area contributed by atoms with E-state index in [0.717, 1.165) is 18.7 Å². The van der Waals surface area contributed by atoms with Crippen LogP contribution in [0.5, 0.6) is 0 Å². The predicted molar refractivity (Wildman–Crippen MR) is 77.5 cm³/mol. The summed E-state index contributed by atoms with van der Waals surface area (Å²) in [6, 6.07) is 10.3. The van der Waals surface area contributed by atoms with Crippen molar-refractivity contribution in [1.29, 1.82) is 0 Å². The zero-order valence-electron chi connectivity index (χ0n) is 12.1. The first-order chi connectivity index (χ1) is 9.58. The van der Waals surface area contributed by atoms with Crippen LogP contribution in [-0.2, 0) is 10.8 Å².